The minimum Gasteiger partial charge on any atom is -0.464 e. The fraction of sp³-hybridized carbons (Fsp3) is 0.500. The molecule has 39 heavy (non-hydrogen) atoms. The van der Waals surface area contributed by atoms with E-state index in [0.29, 0.717) is 0 Å². The molecule has 0 saturated carbocycles. The largest absolute Gasteiger partial charge is 0.464 e. The number of nitrogens with one attached hydrogen (secondary N) is 3. The monoisotopic (exact) mass is 603 g/mol. The fourth-order valence-electron chi connectivity index (χ4n) is 3.01. The molecule has 216 valence electrons. The lowest BCUT2D eigenvalue weighted by Gasteiger charge is -2.18. The Bertz CT molecular complexity index is 914. The number of thiol groups is 3. The molecule has 1 aromatic rings. The van der Waals surface area contributed by atoms with Gasteiger partial charge in [0.05, 0.1) is 19.8 Å². The van der Waals surface area contributed by atoms with Crippen molar-refractivity contribution in [3.05, 3.63) is 34.9 Å². The van der Waals surface area contributed by atoms with Crippen LogP contribution in [0.1, 0.15) is 51.8 Å². The second-order valence-electron chi connectivity index (χ2n) is 7.68. The van der Waals surface area contributed by atoms with Gasteiger partial charge < -0.3 is 30.2 Å². The number of ether oxygens (including phenoxy) is 3. The van der Waals surface area contributed by atoms with E-state index < -0.39 is 53.8 Å². The van der Waals surface area contributed by atoms with Crippen molar-refractivity contribution >= 4 is 73.5 Å². The standard InChI is InChI=1S/C24H33N3O9S3/c1-4-34-22(31)16(10-37)25-19(28)13-7-14(20(29)26-17(11-38)23(32)35-5-2)9-15(8-13)21(30)27-18(12-39)24(33)36-6-3/h7-9,16-18,37-39H,4-6,10-12H2,1-3H3,(H,25,28)(H,26,29)(H,27,30)/t16-,17-,18-/m0/s1. The zero-order chi connectivity index (χ0) is 29.5. The summed E-state index contributed by atoms with van der Waals surface area (Å²) in [5, 5.41) is 7.34. The van der Waals surface area contributed by atoms with Gasteiger partial charge in [-0.25, -0.2) is 14.4 Å². The van der Waals surface area contributed by atoms with Gasteiger partial charge in [-0.2, -0.15) is 37.9 Å². The third-order valence-corrected chi connectivity index (χ3v) is 5.99. The summed E-state index contributed by atoms with van der Waals surface area (Å²) in [6.07, 6.45) is 0. The van der Waals surface area contributed by atoms with Gasteiger partial charge >= 0.3 is 17.9 Å². The quantitative estimate of drug-likeness (QED) is 0.0949. The van der Waals surface area contributed by atoms with Crippen LogP contribution in [0.5, 0.6) is 0 Å². The average molecular weight is 604 g/mol. The van der Waals surface area contributed by atoms with Crippen molar-refractivity contribution < 1.29 is 43.0 Å². The number of amides is 3. The lowest BCUT2D eigenvalue weighted by molar-refractivity contribution is -0.145. The highest BCUT2D eigenvalue weighted by Gasteiger charge is 2.27. The summed E-state index contributed by atoms with van der Waals surface area (Å²) in [6, 6.07) is 0.194. The highest BCUT2D eigenvalue weighted by Crippen LogP contribution is 2.13. The molecule has 15 heteroatoms. The van der Waals surface area contributed by atoms with Crippen molar-refractivity contribution in [2.45, 2.75) is 38.9 Å². The van der Waals surface area contributed by atoms with E-state index in [9.17, 15) is 28.8 Å². The van der Waals surface area contributed by atoms with E-state index in [1.807, 2.05) is 0 Å². The summed E-state index contributed by atoms with van der Waals surface area (Å²) in [4.78, 5) is 75.4. The zero-order valence-corrected chi connectivity index (χ0v) is 24.4. The Morgan fingerprint density at radius 2 is 0.795 bits per heavy atom. The van der Waals surface area contributed by atoms with Crippen LogP contribution in [-0.4, -0.2) is 90.8 Å². The molecule has 0 aliphatic rings. The van der Waals surface area contributed by atoms with Gasteiger partial charge in [0.15, 0.2) is 0 Å². The normalized spacial score (nSPS) is 12.8. The third-order valence-electron chi connectivity index (χ3n) is 4.90. The van der Waals surface area contributed by atoms with Crippen LogP contribution in [0.25, 0.3) is 0 Å². The Labute approximate surface area is 242 Å². The van der Waals surface area contributed by atoms with Crippen LogP contribution in [0.15, 0.2) is 18.2 Å². The maximum atomic E-state index is 13.0. The molecule has 0 aliphatic heterocycles. The molecule has 0 aromatic heterocycles. The molecule has 3 N–H and O–H groups in total. The van der Waals surface area contributed by atoms with Gasteiger partial charge in [0.1, 0.15) is 18.1 Å². The van der Waals surface area contributed by atoms with Gasteiger partial charge in [-0.1, -0.05) is 0 Å². The Morgan fingerprint density at radius 3 is 0.974 bits per heavy atom. The first-order valence-corrected chi connectivity index (χ1v) is 13.9. The van der Waals surface area contributed by atoms with Crippen molar-refractivity contribution in [2.24, 2.45) is 0 Å². The molecule has 0 bridgehead atoms. The summed E-state index contributed by atoms with van der Waals surface area (Å²) in [7, 11) is 0. The molecule has 0 radical (unpaired) electrons. The highest BCUT2D eigenvalue weighted by atomic mass is 32.1. The van der Waals surface area contributed by atoms with Crippen molar-refractivity contribution in [3.63, 3.8) is 0 Å². The van der Waals surface area contributed by atoms with Gasteiger partial charge in [0.2, 0.25) is 0 Å². The van der Waals surface area contributed by atoms with Crippen LogP contribution >= 0.6 is 37.9 Å². The van der Waals surface area contributed by atoms with Gasteiger partial charge in [-0.15, -0.1) is 0 Å². The van der Waals surface area contributed by atoms with E-state index in [1.165, 1.54) is 18.2 Å². The lowest BCUT2D eigenvalue weighted by Crippen LogP contribution is -2.45. The number of benzene rings is 1. The molecule has 1 rings (SSSR count). The first-order chi connectivity index (χ1) is 18.6. The minimum atomic E-state index is -1.11. The minimum absolute atomic E-state index is 0.0789. The smallest absolute Gasteiger partial charge is 0.329 e. The number of carbonyl (C=O) groups is 6. The molecule has 0 spiro atoms. The molecule has 1 aromatic carbocycles. The number of hydrogen-bond acceptors (Lipinski definition) is 12. The van der Waals surface area contributed by atoms with E-state index in [2.05, 4.69) is 53.8 Å². The fourth-order valence-corrected chi connectivity index (χ4v) is 3.73. The van der Waals surface area contributed by atoms with Crippen molar-refractivity contribution in [1.29, 1.82) is 0 Å². The average Bonchev–Trinajstić information content (AvgIpc) is 2.92. The van der Waals surface area contributed by atoms with Crippen LogP contribution in [0.4, 0.5) is 0 Å². The molecule has 0 unspecified atom stereocenters. The van der Waals surface area contributed by atoms with Gasteiger partial charge in [0, 0.05) is 33.9 Å². The van der Waals surface area contributed by atoms with Crippen LogP contribution in [0, 0.1) is 0 Å². The van der Waals surface area contributed by atoms with E-state index in [4.69, 9.17) is 14.2 Å². The summed E-state index contributed by atoms with van der Waals surface area (Å²) in [5.41, 5.74) is -0.497. The molecule has 12 nitrogen and oxygen atoms in total. The molecule has 0 heterocycles. The first-order valence-electron chi connectivity index (χ1n) is 12.0. The molecule has 0 fully saturated rings. The summed E-state index contributed by atoms with van der Waals surface area (Å²) >= 11 is 12.2. The van der Waals surface area contributed by atoms with Crippen molar-refractivity contribution in [3.8, 4) is 0 Å². The van der Waals surface area contributed by atoms with Crippen molar-refractivity contribution in [2.75, 3.05) is 37.1 Å². The van der Waals surface area contributed by atoms with E-state index in [0.717, 1.165) is 0 Å². The second kappa shape index (κ2) is 17.6. The Balaban J connectivity index is 3.42. The van der Waals surface area contributed by atoms with Gasteiger partial charge in [-0.05, 0) is 39.0 Å². The SMILES string of the molecule is CCOC(=O)[C@H](CS)NC(=O)c1cc(C(=O)N[C@@H](CS)C(=O)OCC)cc(C(=O)N[C@@H](CS)C(=O)OCC)c1. The molecule has 0 aliphatic carbocycles. The maximum absolute atomic E-state index is 13.0. The maximum Gasteiger partial charge on any atom is 0.329 e. The van der Waals surface area contributed by atoms with Crippen LogP contribution in [0.2, 0.25) is 0 Å². The number of rotatable bonds is 15. The first kappa shape index (κ1) is 34.1. The number of hydrogen-bond donors (Lipinski definition) is 6. The van der Waals surface area contributed by atoms with Crippen molar-refractivity contribution in [1.82, 2.24) is 16.0 Å². The lowest BCUT2D eigenvalue weighted by atomic mass is 10.0. The topological polar surface area (TPSA) is 166 Å². The summed E-state index contributed by atoms with van der Waals surface area (Å²) in [6.45, 7) is 5.05. The molecular formula is C24H33N3O9S3. The molecular weight excluding hydrogens is 570 g/mol. The van der Waals surface area contributed by atoms with Gasteiger partial charge in [0.25, 0.3) is 17.7 Å². The molecule has 0 saturated heterocycles. The highest BCUT2D eigenvalue weighted by molar-refractivity contribution is 7.80. The Kier molecular flexibility index (Phi) is 15.4. The van der Waals surface area contributed by atoms with Crippen LogP contribution in [0.3, 0.4) is 0 Å². The zero-order valence-electron chi connectivity index (χ0n) is 21.7. The summed E-state index contributed by atoms with van der Waals surface area (Å²) < 4.78 is 14.8. The molecule has 3 amide bonds. The number of esters is 3. The molecule has 3 atom stereocenters. The van der Waals surface area contributed by atoms with E-state index >= 15 is 0 Å². The Hall–Kier alpha value is -2.91. The Morgan fingerprint density at radius 1 is 0.564 bits per heavy atom. The van der Waals surface area contributed by atoms with Crippen LogP contribution < -0.4 is 16.0 Å². The predicted molar refractivity (Wildman–Crippen MR) is 152 cm³/mol. The second-order valence-corrected chi connectivity index (χ2v) is 8.78. The van der Waals surface area contributed by atoms with E-state index in [-0.39, 0.29) is 53.8 Å². The van der Waals surface area contributed by atoms with Crippen LogP contribution in [-0.2, 0) is 28.6 Å². The predicted octanol–water partition coefficient (Wildman–Crippen LogP) is 0.461. The third kappa shape index (κ3) is 10.6. The van der Waals surface area contributed by atoms with E-state index in [1.54, 1.807) is 20.8 Å². The number of carbonyl (C=O) groups excluding carboxylic acids is 6. The summed E-state index contributed by atoms with van der Waals surface area (Å²) in [5.74, 6) is -4.81. The van der Waals surface area contributed by atoms with Gasteiger partial charge in [-0.3, -0.25) is 14.4 Å².